The van der Waals surface area contributed by atoms with Gasteiger partial charge in [-0.05, 0) is 0 Å². The first kappa shape index (κ1) is 8.35. The highest BCUT2D eigenvalue weighted by Crippen LogP contribution is 2.34. The Kier molecular flexibility index (Phi) is 1.68. The van der Waals surface area contributed by atoms with E-state index in [2.05, 4.69) is 25.8 Å². The molecule has 0 atom stereocenters. The number of nitrogens with zero attached hydrogens (tertiary/aromatic N) is 1. The van der Waals surface area contributed by atoms with E-state index >= 15 is 0 Å². The average Bonchev–Trinajstić information content (AvgIpc) is 2.47. The summed E-state index contributed by atoms with van der Waals surface area (Å²) in [5, 5.41) is 0. The predicted octanol–water partition coefficient (Wildman–Crippen LogP) is 2.11. The molecule has 0 fully saturated rings. The molecule has 0 amide bonds. The van der Waals surface area contributed by atoms with Gasteiger partial charge in [-0.3, -0.25) is 4.98 Å². The van der Waals surface area contributed by atoms with E-state index in [4.69, 9.17) is 9.47 Å². The number of aromatic nitrogens is 1. The van der Waals surface area contributed by atoms with Gasteiger partial charge >= 0.3 is 0 Å². The molecule has 0 radical (unpaired) electrons. The van der Waals surface area contributed by atoms with Crippen molar-refractivity contribution in [1.29, 1.82) is 0 Å². The summed E-state index contributed by atoms with van der Waals surface area (Å²) in [7, 11) is 0. The molecule has 0 aromatic carbocycles. The Balaban J connectivity index is 2.42. The minimum Gasteiger partial charge on any atom is -0.453 e. The molecule has 0 saturated heterocycles. The zero-order valence-corrected chi connectivity index (χ0v) is 8.13. The number of fused-ring (bicyclic) bond motifs is 1. The highest BCUT2D eigenvalue weighted by atomic mass is 16.7. The zero-order valence-electron chi connectivity index (χ0n) is 8.13. The molecule has 1 aliphatic heterocycles. The third-order valence-electron chi connectivity index (χ3n) is 2.03. The molecular weight excluding hydrogens is 166 g/mol. The Labute approximate surface area is 77.7 Å². The lowest BCUT2D eigenvalue weighted by atomic mass is 9.91. The van der Waals surface area contributed by atoms with Gasteiger partial charge in [-0.15, -0.1) is 0 Å². The van der Waals surface area contributed by atoms with Crippen LogP contribution in [0, 0.1) is 0 Å². The average molecular weight is 179 g/mol. The predicted molar refractivity (Wildman–Crippen MR) is 49.1 cm³/mol. The number of hydrogen-bond donors (Lipinski definition) is 0. The Morgan fingerprint density at radius 2 is 1.92 bits per heavy atom. The monoisotopic (exact) mass is 179 g/mol. The van der Waals surface area contributed by atoms with Gasteiger partial charge in [0.15, 0.2) is 11.5 Å². The summed E-state index contributed by atoms with van der Waals surface area (Å²) in [5.74, 6) is 1.55. The van der Waals surface area contributed by atoms with Crippen molar-refractivity contribution in [3.8, 4) is 11.5 Å². The van der Waals surface area contributed by atoms with Crippen LogP contribution in [0.25, 0.3) is 0 Å². The molecule has 0 bridgehead atoms. The van der Waals surface area contributed by atoms with E-state index in [1.807, 2.05) is 6.07 Å². The highest BCUT2D eigenvalue weighted by Gasteiger charge is 2.20. The van der Waals surface area contributed by atoms with Crippen LogP contribution in [0.1, 0.15) is 26.5 Å². The van der Waals surface area contributed by atoms with Gasteiger partial charge in [0.1, 0.15) is 0 Å². The second kappa shape index (κ2) is 2.62. The van der Waals surface area contributed by atoms with Crippen LogP contribution in [0.3, 0.4) is 0 Å². The summed E-state index contributed by atoms with van der Waals surface area (Å²) in [5.41, 5.74) is 1.08. The van der Waals surface area contributed by atoms with Gasteiger partial charge in [0, 0.05) is 17.2 Å². The first-order valence-corrected chi connectivity index (χ1v) is 4.33. The van der Waals surface area contributed by atoms with Crippen molar-refractivity contribution in [1.82, 2.24) is 4.98 Å². The van der Waals surface area contributed by atoms with Crippen LogP contribution >= 0.6 is 0 Å². The molecule has 1 aromatic heterocycles. The molecule has 3 nitrogen and oxygen atoms in total. The van der Waals surface area contributed by atoms with E-state index in [-0.39, 0.29) is 5.41 Å². The van der Waals surface area contributed by atoms with Crippen LogP contribution in [0.5, 0.6) is 11.5 Å². The van der Waals surface area contributed by atoms with Crippen LogP contribution in [0.2, 0.25) is 0 Å². The number of rotatable bonds is 0. The summed E-state index contributed by atoms with van der Waals surface area (Å²) >= 11 is 0. The van der Waals surface area contributed by atoms with Gasteiger partial charge in [-0.1, -0.05) is 20.8 Å². The van der Waals surface area contributed by atoms with Crippen molar-refractivity contribution in [2.24, 2.45) is 0 Å². The molecule has 0 aliphatic carbocycles. The summed E-state index contributed by atoms with van der Waals surface area (Å²) in [4.78, 5) is 4.32. The van der Waals surface area contributed by atoms with Crippen LogP contribution in [0.15, 0.2) is 12.3 Å². The number of hydrogen-bond acceptors (Lipinski definition) is 3. The topological polar surface area (TPSA) is 31.4 Å². The molecule has 0 spiro atoms. The molecule has 0 saturated carbocycles. The third kappa shape index (κ3) is 1.46. The van der Waals surface area contributed by atoms with Crippen LogP contribution in [-0.2, 0) is 5.41 Å². The van der Waals surface area contributed by atoms with Crippen molar-refractivity contribution in [2.45, 2.75) is 26.2 Å². The molecule has 70 valence electrons. The molecule has 2 heterocycles. The van der Waals surface area contributed by atoms with Gasteiger partial charge in [0.05, 0.1) is 6.20 Å². The summed E-state index contributed by atoms with van der Waals surface area (Å²) in [6.45, 7) is 6.68. The lowest BCUT2D eigenvalue weighted by molar-refractivity contribution is 0.173. The molecule has 0 N–H and O–H groups in total. The first-order chi connectivity index (χ1) is 6.07. The van der Waals surface area contributed by atoms with E-state index in [1.54, 1.807) is 6.20 Å². The quantitative estimate of drug-likeness (QED) is 0.611. The molecule has 0 unspecified atom stereocenters. The largest absolute Gasteiger partial charge is 0.453 e. The van der Waals surface area contributed by atoms with Gasteiger partial charge in [-0.2, -0.15) is 0 Å². The van der Waals surface area contributed by atoms with E-state index in [1.165, 1.54) is 0 Å². The fourth-order valence-electron chi connectivity index (χ4n) is 1.21. The van der Waals surface area contributed by atoms with Gasteiger partial charge in [0.25, 0.3) is 0 Å². The minimum absolute atomic E-state index is 0.0565. The standard InChI is InChI=1S/C10H13NO2/c1-10(2,3)9-4-7-8(5-11-9)13-6-12-7/h4-5H,6H2,1-3H3. The van der Waals surface area contributed by atoms with Crippen LogP contribution < -0.4 is 9.47 Å². The second-order valence-electron chi connectivity index (χ2n) is 4.17. The summed E-state index contributed by atoms with van der Waals surface area (Å²) in [6.07, 6.45) is 1.73. The van der Waals surface area contributed by atoms with Crippen LogP contribution in [-0.4, -0.2) is 11.8 Å². The highest BCUT2D eigenvalue weighted by molar-refractivity contribution is 5.41. The molecular formula is C10H13NO2. The van der Waals surface area contributed by atoms with E-state index < -0.39 is 0 Å². The van der Waals surface area contributed by atoms with Crippen molar-refractivity contribution in [3.63, 3.8) is 0 Å². The summed E-state index contributed by atoms with van der Waals surface area (Å²) < 4.78 is 10.5. The Morgan fingerprint density at radius 3 is 2.62 bits per heavy atom. The fraction of sp³-hybridized carbons (Fsp3) is 0.500. The van der Waals surface area contributed by atoms with Crippen molar-refractivity contribution >= 4 is 0 Å². The van der Waals surface area contributed by atoms with E-state index in [0.717, 1.165) is 17.2 Å². The van der Waals surface area contributed by atoms with Crippen LogP contribution in [0.4, 0.5) is 0 Å². The molecule has 2 rings (SSSR count). The van der Waals surface area contributed by atoms with Gasteiger partial charge < -0.3 is 9.47 Å². The fourth-order valence-corrected chi connectivity index (χ4v) is 1.21. The maximum absolute atomic E-state index is 5.27. The van der Waals surface area contributed by atoms with Gasteiger partial charge in [-0.25, -0.2) is 0 Å². The molecule has 3 heteroatoms. The van der Waals surface area contributed by atoms with Crippen molar-refractivity contribution < 1.29 is 9.47 Å². The Bertz CT molecular complexity index is 328. The maximum Gasteiger partial charge on any atom is 0.231 e. The molecule has 1 aliphatic rings. The second-order valence-corrected chi connectivity index (χ2v) is 4.17. The Morgan fingerprint density at radius 1 is 1.23 bits per heavy atom. The lowest BCUT2D eigenvalue weighted by Gasteiger charge is -2.17. The third-order valence-corrected chi connectivity index (χ3v) is 2.03. The van der Waals surface area contributed by atoms with Crippen molar-refractivity contribution in [2.75, 3.05) is 6.79 Å². The van der Waals surface area contributed by atoms with E-state index in [9.17, 15) is 0 Å². The van der Waals surface area contributed by atoms with E-state index in [0.29, 0.717) is 6.79 Å². The number of pyridine rings is 1. The smallest absolute Gasteiger partial charge is 0.231 e. The molecule has 13 heavy (non-hydrogen) atoms. The SMILES string of the molecule is CC(C)(C)c1cc2c(cn1)OCO2. The minimum atomic E-state index is 0.0565. The lowest BCUT2D eigenvalue weighted by Crippen LogP contribution is -2.12. The molecule has 1 aromatic rings. The maximum atomic E-state index is 5.27. The van der Waals surface area contributed by atoms with Crippen molar-refractivity contribution in [3.05, 3.63) is 18.0 Å². The number of ether oxygens (including phenoxy) is 2. The summed E-state index contributed by atoms with van der Waals surface area (Å²) in [6, 6.07) is 1.95. The Hall–Kier alpha value is -1.25. The normalized spacial score (nSPS) is 14.7. The van der Waals surface area contributed by atoms with Gasteiger partial charge in [0.2, 0.25) is 6.79 Å². The zero-order chi connectivity index (χ0) is 9.47. The first-order valence-electron chi connectivity index (χ1n) is 4.33.